The van der Waals surface area contributed by atoms with Gasteiger partial charge in [-0.3, -0.25) is 4.79 Å². The topological polar surface area (TPSA) is 76.6 Å². The predicted octanol–water partition coefficient (Wildman–Crippen LogP) is 3.64. The van der Waals surface area contributed by atoms with Crippen LogP contribution in [0.3, 0.4) is 0 Å². The lowest BCUT2D eigenvalue weighted by molar-refractivity contribution is 0.0951. The number of hydrogen-bond acceptors (Lipinski definition) is 6. The third-order valence-electron chi connectivity index (χ3n) is 5.23. The summed E-state index contributed by atoms with van der Waals surface area (Å²) in [4.78, 5) is 23.4. The van der Waals surface area contributed by atoms with Crippen LogP contribution in [0.1, 0.15) is 28.8 Å². The number of benzene rings is 2. The lowest BCUT2D eigenvalue weighted by Crippen LogP contribution is -2.37. The Balaban J connectivity index is 1.37. The van der Waals surface area contributed by atoms with Gasteiger partial charge in [0.1, 0.15) is 5.75 Å². The summed E-state index contributed by atoms with van der Waals surface area (Å²) < 4.78 is 11.4. The molecule has 31 heavy (non-hydrogen) atoms. The molecule has 1 saturated heterocycles. The van der Waals surface area contributed by atoms with Crippen molar-refractivity contribution in [3.05, 3.63) is 78.1 Å². The summed E-state index contributed by atoms with van der Waals surface area (Å²) in [7, 11) is 0. The lowest BCUT2D eigenvalue weighted by atomic mass is 10.0. The fourth-order valence-electron chi connectivity index (χ4n) is 3.42. The summed E-state index contributed by atoms with van der Waals surface area (Å²) in [6, 6.07) is 17.2. The normalized spacial score (nSPS) is 14.7. The molecule has 1 atom stereocenters. The first kappa shape index (κ1) is 20.8. The zero-order valence-corrected chi connectivity index (χ0v) is 17.5. The van der Waals surface area contributed by atoms with Gasteiger partial charge in [-0.15, -0.1) is 0 Å². The molecule has 1 fully saturated rings. The highest BCUT2D eigenvalue weighted by Gasteiger charge is 2.18. The summed E-state index contributed by atoms with van der Waals surface area (Å²) >= 11 is 0. The number of morpholine rings is 1. The molecule has 2 aromatic carbocycles. The van der Waals surface area contributed by atoms with Gasteiger partial charge in [-0.25, -0.2) is 9.97 Å². The average Bonchev–Trinajstić information content (AvgIpc) is 2.84. The molecule has 0 bridgehead atoms. The van der Waals surface area contributed by atoms with Crippen molar-refractivity contribution < 1.29 is 14.3 Å². The second-order valence-electron chi connectivity index (χ2n) is 7.43. The summed E-state index contributed by atoms with van der Waals surface area (Å²) in [5.74, 6) is 1.87. The van der Waals surface area contributed by atoms with Crippen LogP contribution in [0, 0.1) is 0 Å². The van der Waals surface area contributed by atoms with Crippen LogP contribution < -0.4 is 15.0 Å². The SMILES string of the molecule is C[C@@H](CNC(=O)c1ccc(Oc2nccnc2N2CCOCC2)cc1)c1ccccc1. The van der Waals surface area contributed by atoms with Gasteiger partial charge in [-0.05, 0) is 35.7 Å². The quantitative estimate of drug-likeness (QED) is 0.631. The molecule has 1 N–H and O–H groups in total. The number of hydrogen-bond donors (Lipinski definition) is 1. The van der Waals surface area contributed by atoms with Crippen LogP contribution in [0.25, 0.3) is 0 Å². The molecule has 7 nitrogen and oxygen atoms in total. The maximum Gasteiger partial charge on any atom is 0.263 e. The van der Waals surface area contributed by atoms with Crippen LogP contribution in [0.5, 0.6) is 11.6 Å². The van der Waals surface area contributed by atoms with Crippen molar-refractivity contribution in [2.45, 2.75) is 12.8 Å². The molecule has 2 heterocycles. The fourth-order valence-corrected chi connectivity index (χ4v) is 3.42. The molecule has 1 amide bonds. The Labute approximate surface area is 182 Å². The molecule has 3 aromatic rings. The summed E-state index contributed by atoms with van der Waals surface area (Å²) in [5.41, 5.74) is 1.78. The van der Waals surface area contributed by atoms with E-state index in [9.17, 15) is 4.79 Å². The van der Waals surface area contributed by atoms with Crippen molar-refractivity contribution in [3.8, 4) is 11.6 Å². The number of nitrogens with one attached hydrogen (secondary N) is 1. The van der Waals surface area contributed by atoms with Gasteiger partial charge < -0.3 is 19.7 Å². The van der Waals surface area contributed by atoms with E-state index < -0.39 is 0 Å². The highest BCUT2D eigenvalue weighted by Crippen LogP contribution is 2.28. The second kappa shape index (κ2) is 10.0. The van der Waals surface area contributed by atoms with E-state index in [0.717, 1.165) is 13.1 Å². The van der Waals surface area contributed by atoms with Gasteiger partial charge in [0.2, 0.25) is 0 Å². The van der Waals surface area contributed by atoms with E-state index in [-0.39, 0.29) is 11.8 Å². The number of amides is 1. The number of aromatic nitrogens is 2. The first-order chi connectivity index (χ1) is 15.2. The van der Waals surface area contributed by atoms with Gasteiger partial charge in [0.05, 0.1) is 13.2 Å². The Kier molecular flexibility index (Phi) is 6.74. The number of ether oxygens (including phenoxy) is 2. The first-order valence-electron chi connectivity index (χ1n) is 10.5. The second-order valence-corrected chi connectivity index (χ2v) is 7.43. The molecule has 160 valence electrons. The smallest absolute Gasteiger partial charge is 0.263 e. The van der Waals surface area contributed by atoms with Gasteiger partial charge in [0, 0.05) is 37.6 Å². The first-order valence-corrected chi connectivity index (χ1v) is 10.5. The molecule has 1 aromatic heterocycles. The van der Waals surface area contributed by atoms with Crippen molar-refractivity contribution in [1.82, 2.24) is 15.3 Å². The summed E-state index contributed by atoms with van der Waals surface area (Å²) in [6.07, 6.45) is 3.26. The van der Waals surface area contributed by atoms with E-state index in [4.69, 9.17) is 9.47 Å². The van der Waals surface area contributed by atoms with Gasteiger partial charge in [0.25, 0.3) is 11.8 Å². The largest absolute Gasteiger partial charge is 0.436 e. The summed E-state index contributed by atoms with van der Waals surface area (Å²) in [5, 5.41) is 3.00. The molecule has 0 saturated carbocycles. The van der Waals surface area contributed by atoms with Gasteiger partial charge in [-0.2, -0.15) is 0 Å². The Morgan fingerprint density at radius 2 is 1.77 bits per heavy atom. The van der Waals surface area contributed by atoms with Crippen LogP contribution in [0.2, 0.25) is 0 Å². The Hall–Kier alpha value is -3.45. The third kappa shape index (κ3) is 5.38. The van der Waals surface area contributed by atoms with Gasteiger partial charge in [-0.1, -0.05) is 37.3 Å². The monoisotopic (exact) mass is 418 g/mol. The zero-order valence-electron chi connectivity index (χ0n) is 17.5. The van der Waals surface area contributed by atoms with E-state index in [1.165, 1.54) is 5.56 Å². The number of carbonyl (C=O) groups excluding carboxylic acids is 1. The van der Waals surface area contributed by atoms with Crippen molar-refractivity contribution in [1.29, 1.82) is 0 Å². The molecule has 1 aliphatic rings. The molecule has 4 rings (SSSR count). The van der Waals surface area contributed by atoms with Crippen LogP contribution in [0.15, 0.2) is 67.0 Å². The highest BCUT2D eigenvalue weighted by molar-refractivity contribution is 5.94. The van der Waals surface area contributed by atoms with E-state index in [1.54, 1.807) is 36.7 Å². The Morgan fingerprint density at radius 1 is 1.06 bits per heavy atom. The minimum absolute atomic E-state index is 0.108. The Bertz CT molecular complexity index is 989. The highest BCUT2D eigenvalue weighted by atomic mass is 16.5. The molecule has 0 radical (unpaired) electrons. The zero-order chi connectivity index (χ0) is 21.5. The van der Waals surface area contributed by atoms with Crippen molar-refractivity contribution in [2.24, 2.45) is 0 Å². The molecular formula is C24H26N4O3. The van der Waals surface area contributed by atoms with Gasteiger partial charge in [0.15, 0.2) is 5.82 Å². The van der Waals surface area contributed by atoms with Gasteiger partial charge >= 0.3 is 0 Å². The fraction of sp³-hybridized carbons (Fsp3) is 0.292. The summed E-state index contributed by atoms with van der Waals surface area (Å²) in [6.45, 7) is 5.47. The standard InChI is InChI=1S/C24H26N4O3/c1-18(19-5-3-2-4-6-19)17-27-23(29)20-7-9-21(10-8-20)31-24-22(25-11-12-26-24)28-13-15-30-16-14-28/h2-12,18H,13-17H2,1H3,(H,27,29)/t18-/m0/s1. The molecular weight excluding hydrogens is 392 g/mol. The maximum atomic E-state index is 12.5. The van der Waals surface area contributed by atoms with Crippen LogP contribution >= 0.6 is 0 Å². The lowest BCUT2D eigenvalue weighted by Gasteiger charge is -2.28. The molecule has 7 heteroatoms. The van der Waals surface area contributed by atoms with E-state index in [2.05, 4.69) is 39.2 Å². The van der Waals surface area contributed by atoms with Crippen molar-refractivity contribution >= 4 is 11.7 Å². The van der Waals surface area contributed by atoms with Crippen LogP contribution in [-0.2, 0) is 4.74 Å². The molecule has 1 aliphatic heterocycles. The van der Waals surface area contributed by atoms with E-state index in [0.29, 0.717) is 42.8 Å². The minimum Gasteiger partial charge on any atom is -0.436 e. The van der Waals surface area contributed by atoms with Crippen molar-refractivity contribution in [2.75, 3.05) is 37.7 Å². The molecule has 0 aliphatic carbocycles. The predicted molar refractivity (Wildman–Crippen MR) is 119 cm³/mol. The van der Waals surface area contributed by atoms with E-state index >= 15 is 0 Å². The van der Waals surface area contributed by atoms with Crippen molar-refractivity contribution in [3.63, 3.8) is 0 Å². The minimum atomic E-state index is -0.108. The van der Waals surface area contributed by atoms with E-state index in [1.807, 2.05) is 18.2 Å². The number of carbonyl (C=O) groups is 1. The Morgan fingerprint density at radius 3 is 2.52 bits per heavy atom. The molecule has 0 spiro atoms. The number of nitrogens with zero attached hydrogens (tertiary/aromatic N) is 3. The number of rotatable bonds is 7. The maximum absolute atomic E-state index is 12.5. The van der Waals surface area contributed by atoms with Crippen LogP contribution in [-0.4, -0.2) is 48.7 Å². The molecule has 0 unspecified atom stereocenters. The average molecular weight is 418 g/mol. The van der Waals surface area contributed by atoms with Crippen LogP contribution in [0.4, 0.5) is 5.82 Å². The number of anilines is 1. The third-order valence-corrected chi connectivity index (χ3v) is 5.23.